The summed E-state index contributed by atoms with van der Waals surface area (Å²) in [5.74, 6) is 1.22. The van der Waals surface area contributed by atoms with Crippen molar-refractivity contribution < 1.29 is 0 Å². The maximum atomic E-state index is 8.91. The molecule has 4 heteroatoms. The summed E-state index contributed by atoms with van der Waals surface area (Å²) in [4.78, 5) is 6.27. The Morgan fingerprint density at radius 3 is 2.89 bits per heavy atom. The number of nitriles is 1. The van der Waals surface area contributed by atoms with Crippen molar-refractivity contribution in [1.82, 2.24) is 4.98 Å². The van der Waals surface area contributed by atoms with Crippen molar-refractivity contribution in [2.45, 2.75) is 5.88 Å². The second-order valence-electron chi connectivity index (χ2n) is 3.84. The summed E-state index contributed by atoms with van der Waals surface area (Å²) in [6, 6.07) is 13.3. The number of nitrogens with zero attached hydrogens (tertiary/aromatic N) is 3. The SMILES string of the molecule is CN(c1cccc(C#N)c1)c1ncccc1CCl. The van der Waals surface area contributed by atoms with Gasteiger partial charge < -0.3 is 4.90 Å². The van der Waals surface area contributed by atoms with Crippen LogP contribution in [-0.4, -0.2) is 12.0 Å². The molecule has 2 rings (SSSR count). The minimum atomic E-state index is 0.408. The molecule has 90 valence electrons. The van der Waals surface area contributed by atoms with Gasteiger partial charge in [0, 0.05) is 24.5 Å². The van der Waals surface area contributed by atoms with Gasteiger partial charge in [0.1, 0.15) is 5.82 Å². The molecule has 1 aromatic carbocycles. The molecule has 1 heterocycles. The van der Waals surface area contributed by atoms with Crippen LogP contribution in [0.3, 0.4) is 0 Å². The molecule has 0 aliphatic heterocycles. The van der Waals surface area contributed by atoms with E-state index >= 15 is 0 Å². The molecule has 0 bridgehead atoms. The Morgan fingerprint density at radius 1 is 1.33 bits per heavy atom. The van der Waals surface area contributed by atoms with Gasteiger partial charge in [0.2, 0.25) is 0 Å². The van der Waals surface area contributed by atoms with E-state index in [0.717, 1.165) is 17.1 Å². The van der Waals surface area contributed by atoms with Crippen LogP contribution in [0.4, 0.5) is 11.5 Å². The van der Waals surface area contributed by atoms with Crippen molar-refractivity contribution >= 4 is 23.1 Å². The van der Waals surface area contributed by atoms with Gasteiger partial charge in [0.15, 0.2) is 0 Å². The first-order valence-corrected chi connectivity index (χ1v) is 6.03. The normalized spacial score (nSPS) is 9.83. The largest absolute Gasteiger partial charge is 0.329 e. The van der Waals surface area contributed by atoms with Crippen LogP contribution < -0.4 is 4.90 Å². The van der Waals surface area contributed by atoms with Crippen LogP contribution in [0.25, 0.3) is 0 Å². The number of benzene rings is 1. The third kappa shape index (κ3) is 2.44. The molecule has 0 unspecified atom stereocenters. The molecule has 0 fully saturated rings. The van der Waals surface area contributed by atoms with E-state index in [1.54, 1.807) is 12.3 Å². The summed E-state index contributed by atoms with van der Waals surface area (Å²) >= 11 is 5.90. The van der Waals surface area contributed by atoms with E-state index in [4.69, 9.17) is 16.9 Å². The Balaban J connectivity index is 2.41. The van der Waals surface area contributed by atoms with Crippen LogP contribution >= 0.6 is 11.6 Å². The number of rotatable bonds is 3. The predicted molar refractivity (Wildman–Crippen MR) is 73.0 cm³/mol. The second-order valence-corrected chi connectivity index (χ2v) is 4.11. The smallest absolute Gasteiger partial charge is 0.137 e. The van der Waals surface area contributed by atoms with E-state index in [2.05, 4.69) is 11.1 Å². The lowest BCUT2D eigenvalue weighted by atomic mass is 10.2. The lowest BCUT2D eigenvalue weighted by molar-refractivity contribution is 1.09. The van der Waals surface area contributed by atoms with Crippen molar-refractivity contribution in [3.05, 3.63) is 53.7 Å². The Kier molecular flexibility index (Phi) is 3.81. The highest BCUT2D eigenvalue weighted by atomic mass is 35.5. The van der Waals surface area contributed by atoms with E-state index < -0.39 is 0 Å². The Bertz CT molecular complexity index is 590. The van der Waals surface area contributed by atoms with Crippen LogP contribution in [-0.2, 0) is 5.88 Å². The zero-order chi connectivity index (χ0) is 13.0. The number of pyridine rings is 1. The molecule has 18 heavy (non-hydrogen) atoms. The second kappa shape index (κ2) is 5.52. The first kappa shape index (κ1) is 12.4. The molecule has 0 saturated heterocycles. The first-order chi connectivity index (χ1) is 8.76. The summed E-state index contributed by atoms with van der Waals surface area (Å²) < 4.78 is 0. The van der Waals surface area contributed by atoms with Gasteiger partial charge in [0.25, 0.3) is 0 Å². The summed E-state index contributed by atoms with van der Waals surface area (Å²) in [7, 11) is 1.91. The van der Waals surface area contributed by atoms with Crippen molar-refractivity contribution in [1.29, 1.82) is 5.26 Å². The standard InChI is InChI=1S/C14H12ClN3/c1-18(13-6-2-4-11(8-13)10-16)14-12(9-15)5-3-7-17-14/h2-8H,9H2,1H3. The van der Waals surface area contributed by atoms with Crippen molar-refractivity contribution in [2.24, 2.45) is 0 Å². The molecule has 0 aliphatic carbocycles. The summed E-state index contributed by atoms with van der Waals surface area (Å²) in [5.41, 5.74) is 2.51. The fraction of sp³-hybridized carbons (Fsp3) is 0.143. The number of hydrogen-bond donors (Lipinski definition) is 0. The van der Waals surface area contributed by atoms with E-state index in [9.17, 15) is 0 Å². The molecule has 0 aliphatic rings. The summed E-state index contributed by atoms with van der Waals surface area (Å²) in [5, 5.41) is 8.91. The maximum absolute atomic E-state index is 8.91. The molecule has 2 aromatic rings. The first-order valence-electron chi connectivity index (χ1n) is 5.50. The molecule has 0 N–H and O–H groups in total. The Morgan fingerprint density at radius 2 is 2.17 bits per heavy atom. The molecule has 0 atom stereocenters. The van der Waals surface area contributed by atoms with Crippen LogP contribution in [0, 0.1) is 11.3 Å². The number of halogens is 1. The molecule has 1 aromatic heterocycles. The lowest BCUT2D eigenvalue weighted by Gasteiger charge is -2.20. The van der Waals surface area contributed by atoms with Gasteiger partial charge in [-0.3, -0.25) is 0 Å². The molecule has 0 radical (unpaired) electrons. The maximum Gasteiger partial charge on any atom is 0.137 e. The Labute approximate surface area is 111 Å². The monoisotopic (exact) mass is 257 g/mol. The van der Waals surface area contributed by atoms with Gasteiger partial charge in [-0.2, -0.15) is 5.26 Å². The predicted octanol–water partition coefficient (Wildman–Crippen LogP) is 3.46. The fourth-order valence-corrected chi connectivity index (χ4v) is 1.95. The van der Waals surface area contributed by atoms with E-state index in [1.807, 2.05) is 42.3 Å². The van der Waals surface area contributed by atoms with Gasteiger partial charge in [-0.15, -0.1) is 11.6 Å². The van der Waals surface area contributed by atoms with Gasteiger partial charge in [0.05, 0.1) is 17.5 Å². The number of hydrogen-bond acceptors (Lipinski definition) is 3. The third-order valence-corrected chi connectivity index (χ3v) is 2.98. The van der Waals surface area contributed by atoms with Gasteiger partial charge in [-0.1, -0.05) is 12.1 Å². The fourth-order valence-electron chi connectivity index (χ4n) is 1.74. The molecular formula is C14H12ClN3. The highest BCUT2D eigenvalue weighted by molar-refractivity contribution is 6.17. The minimum absolute atomic E-state index is 0.408. The quantitative estimate of drug-likeness (QED) is 0.791. The van der Waals surface area contributed by atoms with Crippen LogP contribution in [0.1, 0.15) is 11.1 Å². The van der Waals surface area contributed by atoms with Crippen molar-refractivity contribution in [2.75, 3.05) is 11.9 Å². The van der Waals surface area contributed by atoms with Crippen molar-refractivity contribution in [3.8, 4) is 6.07 Å². The molecule has 0 amide bonds. The highest BCUT2D eigenvalue weighted by Crippen LogP contribution is 2.26. The third-order valence-electron chi connectivity index (χ3n) is 2.69. The van der Waals surface area contributed by atoms with Crippen molar-refractivity contribution in [3.63, 3.8) is 0 Å². The molecular weight excluding hydrogens is 246 g/mol. The lowest BCUT2D eigenvalue weighted by Crippen LogP contribution is -2.13. The van der Waals surface area contributed by atoms with Crippen LogP contribution in [0.2, 0.25) is 0 Å². The number of aromatic nitrogens is 1. The number of alkyl halides is 1. The molecule has 0 saturated carbocycles. The molecule has 3 nitrogen and oxygen atoms in total. The highest BCUT2D eigenvalue weighted by Gasteiger charge is 2.10. The minimum Gasteiger partial charge on any atom is -0.329 e. The van der Waals surface area contributed by atoms with Crippen LogP contribution in [0.5, 0.6) is 0 Å². The van der Waals surface area contributed by atoms with E-state index in [1.165, 1.54) is 0 Å². The average Bonchev–Trinajstić information content (AvgIpc) is 2.46. The topological polar surface area (TPSA) is 39.9 Å². The average molecular weight is 258 g/mol. The summed E-state index contributed by atoms with van der Waals surface area (Å²) in [6.45, 7) is 0. The van der Waals surface area contributed by atoms with Gasteiger partial charge in [-0.25, -0.2) is 4.98 Å². The zero-order valence-electron chi connectivity index (χ0n) is 9.97. The van der Waals surface area contributed by atoms with E-state index in [0.29, 0.717) is 11.4 Å². The van der Waals surface area contributed by atoms with E-state index in [-0.39, 0.29) is 0 Å². The van der Waals surface area contributed by atoms with Crippen LogP contribution in [0.15, 0.2) is 42.6 Å². The number of anilines is 2. The van der Waals surface area contributed by atoms with Gasteiger partial charge >= 0.3 is 0 Å². The zero-order valence-corrected chi connectivity index (χ0v) is 10.7. The Hall–Kier alpha value is -2.05. The van der Waals surface area contributed by atoms with Gasteiger partial charge in [-0.05, 0) is 24.3 Å². The summed E-state index contributed by atoms with van der Waals surface area (Å²) in [6.07, 6.45) is 1.73. The molecule has 0 spiro atoms.